The Kier molecular flexibility index (Phi) is 3.46. The van der Waals surface area contributed by atoms with Gasteiger partial charge in [0.05, 0.1) is 30.0 Å². The number of hydrogen-bond donors (Lipinski definition) is 2. The van der Waals surface area contributed by atoms with Crippen LogP contribution in [0.4, 0.5) is 11.5 Å². The second-order valence-corrected chi connectivity index (χ2v) is 6.32. The summed E-state index contributed by atoms with van der Waals surface area (Å²) in [4.78, 5) is 19.4. The van der Waals surface area contributed by atoms with E-state index in [0.717, 1.165) is 59.8 Å². The molecule has 0 spiro atoms. The Morgan fingerprint density at radius 2 is 1.85 bits per heavy atom. The molecule has 0 amide bonds. The molecule has 1 aliphatic heterocycles. The third kappa shape index (κ3) is 2.44. The Morgan fingerprint density at radius 1 is 1.00 bits per heavy atom. The topological polar surface area (TPSA) is 93.0 Å². The van der Waals surface area contributed by atoms with Crippen LogP contribution in [0.15, 0.2) is 42.6 Å². The van der Waals surface area contributed by atoms with Crippen molar-refractivity contribution in [3.63, 3.8) is 0 Å². The molecule has 1 aliphatic rings. The third-order valence-electron chi connectivity index (χ3n) is 4.74. The SMILES string of the molecule is Nc1c(-c2nc3ccc(N4CCOCC4)nc3[nH]2)cnc2ccccc12. The quantitative estimate of drug-likeness (QED) is 0.579. The van der Waals surface area contributed by atoms with E-state index in [1.807, 2.05) is 36.4 Å². The van der Waals surface area contributed by atoms with E-state index in [1.54, 1.807) is 6.20 Å². The third-order valence-corrected chi connectivity index (χ3v) is 4.74. The van der Waals surface area contributed by atoms with Gasteiger partial charge in [0.2, 0.25) is 0 Å². The highest BCUT2D eigenvalue weighted by molar-refractivity contribution is 5.97. The number of pyridine rings is 2. The van der Waals surface area contributed by atoms with E-state index in [4.69, 9.17) is 15.5 Å². The van der Waals surface area contributed by atoms with Gasteiger partial charge in [-0.3, -0.25) is 4.98 Å². The molecule has 7 nitrogen and oxygen atoms in total. The zero-order valence-corrected chi connectivity index (χ0v) is 14.1. The Hall–Kier alpha value is -3.19. The first kappa shape index (κ1) is 15.1. The number of morpholine rings is 1. The average Bonchev–Trinajstić information content (AvgIpc) is 3.12. The van der Waals surface area contributed by atoms with Crippen molar-refractivity contribution in [3.05, 3.63) is 42.6 Å². The maximum atomic E-state index is 6.38. The number of anilines is 2. The largest absolute Gasteiger partial charge is 0.398 e. The number of H-pyrrole nitrogens is 1. The summed E-state index contributed by atoms with van der Waals surface area (Å²) in [6.07, 6.45) is 1.76. The van der Waals surface area contributed by atoms with Crippen LogP contribution < -0.4 is 10.6 Å². The summed E-state index contributed by atoms with van der Waals surface area (Å²) in [6, 6.07) is 11.8. The van der Waals surface area contributed by atoms with Crippen LogP contribution in [0.5, 0.6) is 0 Å². The van der Waals surface area contributed by atoms with Gasteiger partial charge in [-0.1, -0.05) is 18.2 Å². The van der Waals surface area contributed by atoms with Gasteiger partial charge in [-0.05, 0) is 18.2 Å². The first-order chi connectivity index (χ1) is 12.8. The summed E-state index contributed by atoms with van der Waals surface area (Å²) < 4.78 is 5.41. The first-order valence-corrected chi connectivity index (χ1v) is 8.63. The lowest BCUT2D eigenvalue weighted by Gasteiger charge is -2.27. The van der Waals surface area contributed by atoms with Crippen molar-refractivity contribution in [1.82, 2.24) is 19.9 Å². The van der Waals surface area contributed by atoms with Gasteiger partial charge in [0.25, 0.3) is 0 Å². The molecule has 0 bridgehead atoms. The molecule has 4 aromatic rings. The second kappa shape index (κ2) is 5.96. The number of para-hydroxylation sites is 1. The monoisotopic (exact) mass is 346 g/mol. The number of nitrogens with two attached hydrogens (primary N) is 1. The van der Waals surface area contributed by atoms with Gasteiger partial charge in [0.1, 0.15) is 17.2 Å². The number of ether oxygens (including phenoxy) is 1. The van der Waals surface area contributed by atoms with Crippen LogP contribution >= 0.6 is 0 Å². The Morgan fingerprint density at radius 3 is 2.73 bits per heavy atom. The van der Waals surface area contributed by atoms with E-state index < -0.39 is 0 Å². The molecular weight excluding hydrogens is 328 g/mol. The minimum absolute atomic E-state index is 0.669. The fourth-order valence-corrected chi connectivity index (χ4v) is 3.33. The number of aromatic nitrogens is 4. The van der Waals surface area contributed by atoms with Crippen molar-refractivity contribution in [2.24, 2.45) is 0 Å². The lowest BCUT2D eigenvalue weighted by molar-refractivity contribution is 0.122. The molecule has 26 heavy (non-hydrogen) atoms. The zero-order chi connectivity index (χ0) is 17.5. The highest BCUT2D eigenvalue weighted by atomic mass is 16.5. The molecule has 3 N–H and O–H groups in total. The van der Waals surface area contributed by atoms with E-state index in [-0.39, 0.29) is 0 Å². The number of fused-ring (bicyclic) bond motifs is 2. The smallest absolute Gasteiger partial charge is 0.160 e. The van der Waals surface area contributed by atoms with E-state index >= 15 is 0 Å². The van der Waals surface area contributed by atoms with Crippen LogP contribution in [-0.2, 0) is 4.74 Å². The summed E-state index contributed by atoms with van der Waals surface area (Å²) in [5, 5.41) is 0.924. The van der Waals surface area contributed by atoms with Gasteiger partial charge < -0.3 is 20.4 Å². The van der Waals surface area contributed by atoms with E-state index in [9.17, 15) is 0 Å². The minimum Gasteiger partial charge on any atom is -0.398 e. The fourth-order valence-electron chi connectivity index (χ4n) is 3.33. The number of imidazole rings is 1. The van der Waals surface area contributed by atoms with Crippen LogP contribution in [0, 0.1) is 0 Å². The summed E-state index contributed by atoms with van der Waals surface area (Å²) >= 11 is 0. The lowest BCUT2D eigenvalue weighted by atomic mass is 10.1. The van der Waals surface area contributed by atoms with Crippen molar-refractivity contribution in [1.29, 1.82) is 0 Å². The zero-order valence-electron chi connectivity index (χ0n) is 14.1. The maximum Gasteiger partial charge on any atom is 0.160 e. The molecule has 1 fully saturated rings. The van der Waals surface area contributed by atoms with E-state index in [2.05, 4.69) is 19.9 Å². The van der Waals surface area contributed by atoms with Crippen LogP contribution in [0.25, 0.3) is 33.5 Å². The van der Waals surface area contributed by atoms with Crippen molar-refractivity contribution >= 4 is 33.6 Å². The second-order valence-electron chi connectivity index (χ2n) is 6.32. The molecule has 0 unspecified atom stereocenters. The van der Waals surface area contributed by atoms with Crippen molar-refractivity contribution in [2.45, 2.75) is 0 Å². The number of nitrogens with one attached hydrogen (secondary N) is 1. The standard InChI is InChI=1S/C19H18N6O/c20-17-12-3-1-2-4-14(12)21-11-13(17)18-22-15-5-6-16(23-19(15)24-18)25-7-9-26-10-8-25/h1-6,11H,7-10H2,(H2,20,21)(H,22,23,24). The van der Waals surface area contributed by atoms with Gasteiger partial charge in [-0.2, -0.15) is 0 Å². The van der Waals surface area contributed by atoms with E-state index in [0.29, 0.717) is 11.5 Å². The highest BCUT2D eigenvalue weighted by Gasteiger charge is 2.16. The number of benzene rings is 1. The number of rotatable bonds is 2. The van der Waals surface area contributed by atoms with Crippen molar-refractivity contribution < 1.29 is 4.74 Å². The molecule has 0 atom stereocenters. The number of nitrogens with zero attached hydrogens (tertiary/aromatic N) is 4. The van der Waals surface area contributed by atoms with Gasteiger partial charge in [0.15, 0.2) is 5.65 Å². The molecule has 7 heteroatoms. The molecule has 130 valence electrons. The van der Waals surface area contributed by atoms with Crippen molar-refractivity contribution in [2.75, 3.05) is 36.9 Å². The average molecular weight is 346 g/mol. The summed E-state index contributed by atoms with van der Waals surface area (Å²) in [5.41, 5.74) is 10.3. The number of nitrogen functional groups attached to an aromatic ring is 1. The molecule has 1 aromatic carbocycles. The normalized spacial score (nSPS) is 15.0. The summed E-state index contributed by atoms with van der Waals surface area (Å²) in [7, 11) is 0. The molecule has 0 radical (unpaired) electrons. The Bertz CT molecular complexity index is 1100. The van der Waals surface area contributed by atoms with Crippen molar-refractivity contribution in [3.8, 4) is 11.4 Å². The predicted octanol–water partition coefficient (Wildman–Crippen LogP) is 2.59. The van der Waals surface area contributed by atoms with Gasteiger partial charge >= 0.3 is 0 Å². The summed E-state index contributed by atoms with van der Waals surface area (Å²) in [6.45, 7) is 3.16. The molecule has 1 saturated heterocycles. The molecule has 0 saturated carbocycles. The first-order valence-electron chi connectivity index (χ1n) is 8.63. The lowest BCUT2D eigenvalue weighted by Crippen LogP contribution is -2.36. The molecule has 3 aromatic heterocycles. The van der Waals surface area contributed by atoms with Gasteiger partial charge in [-0.25, -0.2) is 9.97 Å². The van der Waals surface area contributed by atoms with Crippen LogP contribution in [0.3, 0.4) is 0 Å². The predicted molar refractivity (Wildman–Crippen MR) is 102 cm³/mol. The van der Waals surface area contributed by atoms with E-state index in [1.165, 1.54) is 0 Å². The van der Waals surface area contributed by atoms with Gasteiger partial charge in [0, 0.05) is 24.7 Å². The maximum absolute atomic E-state index is 6.38. The molecule has 5 rings (SSSR count). The highest BCUT2D eigenvalue weighted by Crippen LogP contribution is 2.30. The molecule has 4 heterocycles. The Labute approximate surface area is 149 Å². The molecule has 0 aliphatic carbocycles. The van der Waals surface area contributed by atoms with Crippen LogP contribution in [0.1, 0.15) is 0 Å². The minimum atomic E-state index is 0.669. The fraction of sp³-hybridized carbons (Fsp3) is 0.211. The molecular formula is C19H18N6O. The number of aromatic amines is 1. The summed E-state index contributed by atoms with van der Waals surface area (Å²) in [5.74, 6) is 1.61. The van der Waals surface area contributed by atoms with Crippen LogP contribution in [0.2, 0.25) is 0 Å². The van der Waals surface area contributed by atoms with Gasteiger partial charge in [-0.15, -0.1) is 0 Å². The Balaban J connectivity index is 1.58. The number of hydrogen-bond acceptors (Lipinski definition) is 6. The van der Waals surface area contributed by atoms with Crippen LogP contribution in [-0.4, -0.2) is 46.2 Å².